The van der Waals surface area contributed by atoms with Crippen molar-refractivity contribution >= 4 is 44.1 Å². The van der Waals surface area contributed by atoms with Crippen molar-refractivity contribution in [2.24, 2.45) is 0 Å². The number of rotatable bonds is 4. The number of fused-ring (bicyclic) bond motifs is 2. The Balaban J connectivity index is 1.37. The Labute approximate surface area is 162 Å². The Hall–Kier alpha value is -3.59. The van der Waals surface area contributed by atoms with E-state index in [-0.39, 0.29) is 23.6 Å². The predicted molar refractivity (Wildman–Crippen MR) is 106 cm³/mol. The number of carbonyl (C=O) groups is 2. The smallest absolute Gasteiger partial charge is 0.273 e. The number of aryl methyl sites for hydroxylation is 1. The maximum Gasteiger partial charge on any atom is 0.290 e. The van der Waals surface area contributed by atoms with Crippen molar-refractivity contribution in [3.63, 3.8) is 0 Å². The lowest BCUT2D eigenvalue weighted by molar-refractivity contribution is -0.121. The molecule has 140 valence electrons. The van der Waals surface area contributed by atoms with Gasteiger partial charge >= 0.3 is 0 Å². The first-order valence-corrected chi connectivity index (χ1v) is 9.34. The Morgan fingerprint density at radius 1 is 1.00 bits per heavy atom. The molecular weight excluding hydrogens is 378 g/mol. The van der Waals surface area contributed by atoms with E-state index < -0.39 is 5.91 Å². The number of nitrogens with one attached hydrogen (secondary N) is 3. The third kappa shape index (κ3) is 3.60. The first kappa shape index (κ1) is 17.8. The fraction of sp³-hybridized carbons (Fsp3) is 0.105. The van der Waals surface area contributed by atoms with E-state index in [1.807, 2.05) is 24.3 Å². The lowest BCUT2D eigenvalue weighted by Crippen LogP contribution is -2.42. The van der Waals surface area contributed by atoms with Crippen LogP contribution in [0.15, 0.2) is 53.3 Å². The summed E-state index contributed by atoms with van der Waals surface area (Å²) < 4.78 is 1.07. The maximum absolute atomic E-state index is 12.3. The highest BCUT2D eigenvalue weighted by atomic mass is 32.1. The fourth-order valence-corrected chi connectivity index (χ4v) is 3.75. The average Bonchev–Trinajstić information content (AvgIpc) is 3.14. The number of hydrazine groups is 1. The molecule has 0 aliphatic rings. The van der Waals surface area contributed by atoms with Crippen LogP contribution >= 0.6 is 11.3 Å². The van der Waals surface area contributed by atoms with Crippen LogP contribution in [0.25, 0.3) is 21.0 Å². The van der Waals surface area contributed by atoms with Crippen molar-refractivity contribution in [2.45, 2.75) is 12.8 Å². The van der Waals surface area contributed by atoms with Crippen LogP contribution in [-0.4, -0.2) is 27.0 Å². The van der Waals surface area contributed by atoms with Crippen molar-refractivity contribution in [3.8, 4) is 0 Å². The van der Waals surface area contributed by atoms with Gasteiger partial charge in [0.25, 0.3) is 11.5 Å². The zero-order valence-electron chi connectivity index (χ0n) is 14.6. The number of aromatic amines is 1. The first-order valence-electron chi connectivity index (χ1n) is 8.53. The van der Waals surface area contributed by atoms with Gasteiger partial charge in [0.1, 0.15) is 0 Å². The molecule has 2 amide bonds. The molecule has 2 heterocycles. The molecule has 0 radical (unpaired) electrons. The highest BCUT2D eigenvalue weighted by Crippen LogP contribution is 2.22. The topological polar surface area (TPSA) is 117 Å². The van der Waals surface area contributed by atoms with Crippen molar-refractivity contribution in [1.29, 1.82) is 0 Å². The Morgan fingerprint density at radius 2 is 1.75 bits per heavy atom. The average molecular weight is 393 g/mol. The summed E-state index contributed by atoms with van der Waals surface area (Å²) in [5, 5.41) is 7.70. The van der Waals surface area contributed by atoms with Crippen LogP contribution < -0.4 is 16.4 Å². The molecule has 0 fully saturated rings. The molecule has 2 aromatic carbocycles. The number of carbonyl (C=O) groups excluding carboxylic acids is 2. The molecule has 2 aromatic heterocycles. The summed E-state index contributed by atoms with van der Waals surface area (Å²) >= 11 is 1.54. The molecule has 0 saturated heterocycles. The Bertz CT molecular complexity index is 1210. The largest absolute Gasteiger partial charge is 0.290 e. The van der Waals surface area contributed by atoms with Gasteiger partial charge in [0.05, 0.1) is 20.6 Å². The van der Waals surface area contributed by atoms with E-state index in [1.165, 1.54) is 0 Å². The second-order valence-electron chi connectivity index (χ2n) is 6.02. The molecule has 0 spiro atoms. The van der Waals surface area contributed by atoms with E-state index in [9.17, 15) is 14.4 Å². The summed E-state index contributed by atoms with van der Waals surface area (Å²) in [4.78, 5) is 40.7. The van der Waals surface area contributed by atoms with Gasteiger partial charge in [-0.2, -0.15) is 5.10 Å². The standard InChI is InChI=1S/C19H15N5O3S/c25-15(9-10-16-20-13-7-3-4-8-14(13)28-16)21-24-19(27)17-11-5-1-2-6-12(11)18(26)23-22-17/h1-8H,9-10H2,(H,21,25)(H,23,26)(H,24,27). The highest BCUT2D eigenvalue weighted by molar-refractivity contribution is 7.18. The second-order valence-corrected chi connectivity index (χ2v) is 7.14. The molecule has 8 nitrogen and oxygen atoms in total. The number of hydrogen-bond acceptors (Lipinski definition) is 6. The van der Waals surface area contributed by atoms with Crippen LogP contribution in [0, 0.1) is 0 Å². The van der Waals surface area contributed by atoms with Crippen molar-refractivity contribution in [1.82, 2.24) is 26.0 Å². The van der Waals surface area contributed by atoms with Crippen LogP contribution in [0.2, 0.25) is 0 Å². The molecule has 0 aliphatic carbocycles. The van der Waals surface area contributed by atoms with E-state index in [2.05, 4.69) is 26.0 Å². The second kappa shape index (κ2) is 7.57. The van der Waals surface area contributed by atoms with E-state index in [4.69, 9.17) is 0 Å². The zero-order valence-corrected chi connectivity index (χ0v) is 15.4. The van der Waals surface area contributed by atoms with Crippen LogP contribution in [0.1, 0.15) is 21.9 Å². The van der Waals surface area contributed by atoms with Crippen molar-refractivity contribution in [2.75, 3.05) is 0 Å². The molecule has 4 aromatic rings. The lowest BCUT2D eigenvalue weighted by atomic mass is 10.1. The Morgan fingerprint density at radius 3 is 2.57 bits per heavy atom. The number of amides is 2. The van der Waals surface area contributed by atoms with Gasteiger partial charge < -0.3 is 0 Å². The van der Waals surface area contributed by atoms with Crippen molar-refractivity contribution < 1.29 is 9.59 Å². The SMILES string of the molecule is O=C(CCc1nc2ccccc2s1)NNC(=O)c1n[nH]c(=O)c2ccccc12. The summed E-state index contributed by atoms with van der Waals surface area (Å²) in [6.45, 7) is 0. The van der Waals surface area contributed by atoms with E-state index in [1.54, 1.807) is 35.6 Å². The number of hydrogen-bond donors (Lipinski definition) is 3. The predicted octanol–water partition coefficient (Wildman–Crippen LogP) is 1.93. The summed E-state index contributed by atoms with van der Waals surface area (Å²) in [6, 6.07) is 14.4. The molecule has 3 N–H and O–H groups in total. The van der Waals surface area contributed by atoms with E-state index >= 15 is 0 Å². The Kier molecular flexibility index (Phi) is 4.81. The lowest BCUT2D eigenvalue weighted by Gasteiger charge is -2.08. The van der Waals surface area contributed by atoms with Crippen LogP contribution in [0.4, 0.5) is 0 Å². The zero-order chi connectivity index (χ0) is 19.5. The van der Waals surface area contributed by atoms with Crippen LogP contribution in [0.5, 0.6) is 0 Å². The van der Waals surface area contributed by atoms with Gasteiger partial charge in [0, 0.05) is 18.2 Å². The number of thiazole rings is 1. The maximum atomic E-state index is 12.3. The molecule has 0 aliphatic heterocycles. The molecule has 28 heavy (non-hydrogen) atoms. The number of benzene rings is 2. The number of H-pyrrole nitrogens is 1. The van der Waals surface area contributed by atoms with Crippen molar-refractivity contribution in [3.05, 3.63) is 69.6 Å². The van der Waals surface area contributed by atoms with E-state index in [0.717, 1.165) is 15.2 Å². The fourth-order valence-electron chi connectivity index (χ4n) is 2.78. The molecule has 0 atom stereocenters. The summed E-state index contributed by atoms with van der Waals surface area (Å²) in [7, 11) is 0. The number of nitrogens with zero attached hydrogens (tertiary/aromatic N) is 2. The third-order valence-electron chi connectivity index (χ3n) is 4.13. The minimum atomic E-state index is -0.610. The van der Waals surface area contributed by atoms with Crippen LogP contribution in [-0.2, 0) is 11.2 Å². The van der Waals surface area contributed by atoms with Gasteiger partial charge in [0.15, 0.2) is 5.69 Å². The highest BCUT2D eigenvalue weighted by Gasteiger charge is 2.15. The summed E-state index contributed by atoms with van der Waals surface area (Å²) in [5.41, 5.74) is 5.26. The monoisotopic (exact) mass is 393 g/mol. The molecular formula is C19H15N5O3S. The van der Waals surface area contributed by atoms with Gasteiger partial charge in [-0.15, -0.1) is 11.3 Å². The molecule has 0 unspecified atom stereocenters. The van der Waals surface area contributed by atoms with Crippen LogP contribution in [0.3, 0.4) is 0 Å². The number of aromatic nitrogens is 3. The van der Waals surface area contributed by atoms with E-state index in [0.29, 0.717) is 17.2 Å². The van der Waals surface area contributed by atoms with Gasteiger partial charge in [0.2, 0.25) is 5.91 Å². The molecule has 4 rings (SSSR count). The van der Waals surface area contributed by atoms with Gasteiger partial charge in [-0.3, -0.25) is 25.2 Å². The van der Waals surface area contributed by atoms with Gasteiger partial charge in [-0.25, -0.2) is 10.1 Å². The minimum absolute atomic E-state index is 0.0293. The molecule has 0 bridgehead atoms. The summed E-state index contributed by atoms with van der Waals surface area (Å²) in [6.07, 6.45) is 0.654. The quantitative estimate of drug-likeness (QED) is 0.458. The minimum Gasteiger partial charge on any atom is -0.273 e. The normalized spacial score (nSPS) is 10.9. The number of para-hydroxylation sites is 1. The molecule has 9 heteroatoms. The third-order valence-corrected chi connectivity index (χ3v) is 5.23. The summed E-state index contributed by atoms with van der Waals surface area (Å²) in [5.74, 6) is -0.956. The van der Waals surface area contributed by atoms with Gasteiger partial charge in [-0.05, 0) is 18.2 Å². The van der Waals surface area contributed by atoms with Gasteiger partial charge in [-0.1, -0.05) is 30.3 Å². The first-order chi connectivity index (χ1) is 13.6. The molecule has 0 saturated carbocycles.